The summed E-state index contributed by atoms with van der Waals surface area (Å²) in [6, 6.07) is 0. The quantitative estimate of drug-likeness (QED) is 0.618. The van der Waals surface area contributed by atoms with Gasteiger partial charge in [-0.05, 0) is 37.9 Å². The topological polar surface area (TPSA) is 29.5 Å². The van der Waals surface area contributed by atoms with Crippen molar-refractivity contribution in [1.82, 2.24) is 0 Å². The Bertz CT molecular complexity index is 324. The van der Waals surface area contributed by atoms with Crippen molar-refractivity contribution in [3.05, 3.63) is 0 Å². The van der Waals surface area contributed by atoms with Gasteiger partial charge in [0.1, 0.15) is 6.10 Å². The predicted octanol–water partition coefficient (Wildman–Crippen LogP) is 3.32. The van der Waals surface area contributed by atoms with Crippen LogP contribution < -0.4 is 0 Å². The molecule has 0 radical (unpaired) electrons. The van der Waals surface area contributed by atoms with Gasteiger partial charge in [0.15, 0.2) is 8.32 Å². The third-order valence-electron chi connectivity index (χ3n) is 3.81. The third-order valence-corrected chi connectivity index (χ3v) is 8.36. The monoisotopic (exact) mass is 254 g/mol. The highest BCUT2D eigenvalue weighted by Crippen LogP contribution is 2.49. The molecule has 0 aromatic rings. The third kappa shape index (κ3) is 4.13. The highest BCUT2D eigenvalue weighted by atomic mass is 28.4. The highest BCUT2D eigenvalue weighted by molar-refractivity contribution is 6.74. The van der Waals surface area contributed by atoms with Crippen molar-refractivity contribution in [2.24, 2.45) is 0 Å². The van der Waals surface area contributed by atoms with E-state index in [1.54, 1.807) is 6.92 Å². The van der Waals surface area contributed by atoms with Gasteiger partial charge in [0.2, 0.25) is 0 Å². The van der Waals surface area contributed by atoms with Crippen LogP contribution in [-0.4, -0.2) is 25.1 Å². The summed E-state index contributed by atoms with van der Waals surface area (Å²) in [5, 5.41) is 9.38. The predicted molar refractivity (Wildman–Crippen MR) is 74.3 cm³/mol. The van der Waals surface area contributed by atoms with Crippen LogP contribution in [-0.2, 0) is 4.43 Å². The molecule has 0 heterocycles. The number of hydrogen-bond acceptors (Lipinski definition) is 2. The Morgan fingerprint density at radius 3 is 2.24 bits per heavy atom. The summed E-state index contributed by atoms with van der Waals surface area (Å²) in [6.07, 6.45) is 2.48. The second-order valence-corrected chi connectivity index (χ2v) is 11.4. The van der Waals surface area contributed by atoms with Crippen molar-refractivity contribution < 1.29 is 9.53 Å². The molecule has 2 nitrogen and oxygen atoms in total. The minimum Gasteiger partial charge on any atom is -0.410 e. The molecule has 0 aromatic heterocycles. The van der Waals surface area contributed by atoms with E-state index in [-0.39, 0.29) is 10.6 Å². The number of hydrogen-bond donors (Lipinski definition) is 1. The molecule has 1 fully saturated rings. The molecule has 3 heteroatoms. The number of rotatable bonds is 3. The van der Waals surface area contributed by atoms with Gasteiger partial charge in [0.25, 0.3) is 0 Å². The number of aliphatic hydroxyl groups is 1. The zero-order valence-corrected chi connectivity index (χ0v) is 13.1. The van der Waals surface area contributed by atoms with Crippen molar-refractivity contribution in [3.63, 3.8) is 0 Å². The lowest BCUT2D eigenvalue weighted by atomic mass is 10.2. The minimum absolute atomic E-state index is 0.00485. The highest BCUT2D eigenvalue weighted by Gasteiger charge is 2.50. The van der Waals surface area contributed by atoms with E-state index >= 15 is 0 Å². The SMILES string of the molecule is CC(O)C#CCC1(O[Si](C)(C)C(C)(C)C)CC1. The lowest BCUT2D eigenvalue weighted by Gasteiger charge is -2.39. The average molecular weight is 254 g/mol. The smallest absolute Gasteiger partial charge is 0.192 e. The molecule has 0 saturated heterocycles. The number of aliphatic hydroxyl groups excluding tert-OH is 1. The summed E-state index contributed by atoms with van der Waals surface area (Å²) < 4.78 is 6.44. The van der Waals surface area contributed by atoms with Crippen LogP contribution in [0, 0.1) is 11.8 Å². The summed E-state index contributed by atoms with van der Waals surface area (Å²) in [7, 11) is -1.69. The van der Waals surface area contributed by atoms with Gasteiger partial charge >= 0.3 is 0 Å². The van der Waals surface area contributed by atoms with E-state index in [2.05, 4.69) is 45.7 Å². The Balaban J connectivity index is 2.60. The molecule has 1 aliphatic carbocycles. The fourth-order valence-electron chi connectivity index (χ4n) is 1.51. The first-order valence-electron chi connectivity index (χ1n) is 6.45. The Kier molecular flexibility index (Phi) is 4.13. The summed E-state index contributed by atoms with van der Waals surface area (Å²) in [5.41, 5.74) is 0.00485. The molecule has 0 aromatic carbocycles. The zero-order chi connectivity index (χ0) is 13.3. The van der Waals surface area contributed by atoms with E-state index in [0.717, 1.165) is 19.3 Å². The van der Waals surface area contributed by atoms with Gasteiger partial charge in [-0.1, -0.05) is 32.6 Å². The summed E-state index contributed by atoms with van der Waals surface area (Å²) in [5.74, 6) is 5.87. The molecule has 98 valence electrons. The van der Waals surface area contributed by atoms with E-state index < -0.39 is 14.4 Å². The van der Waals surface area contributed by atoms with Gasteiger partial charge in [-0.3, -0.25) is 0 Å². The van der Waals surface area contributed by atoms with Gasteiger partial charge < -0.3 is 9.53 Å². The molecule has 17 heavy (non-hydrogen) atoms. The second kappa shape index (κ2) is 4.76. The summed E-state index contributed by atoms with van der Waals surface area (Å²) in [4.78, 5) is 0. The van der Waals surface area contributed by atoms with Crippen LogP contribution in [0.1, 0.15) is 47.0 Å². The lowest BCUT2D eigenvalue weighted by molar-refractivity contribution is 0.163. The van der Waals surface area contributed by atoms with Crippen LogP contribution in [0.25, 0.3) is 0 Å². The van der Waals surface area contributed by atoms with E-state index in [9.17, 15) is 0 Å². The maximum absolute atomic E-state index is 9.13. The van der Waals surface area contributed by atoms with Crippen LogP contribution >= 0.6 is 0 Å². The van der Waals surface area contributed by atoms with Crippen LogP contribution in [0.3, 0.4) is 0 Å². The van der Waals surface area contributed by atoms with Crippen LogP contribution in [0.2, 0.25) is 18.1 Å². The minimum atomic E-state index is -1.69. The molecule has 1 atom stereocenters. The van der Waals surface area contributed by atoms with Gasteiger partial charge in [-0.2, -0.15) is 0 Å². The average Bonchev–Trinajstić information content (AvgIpc) is 2.81. The Hall–Kier alpha value is -0.303. The molecule has 1 aliphatic rings. The zero-order valence-electron chi connectivity index (χ0n) is 12.1. The molecule has 1 unspecified atom stereocenters. The Morgan fingerprint density at radius 2 is 1.88 bits per heavy atom. The summed E-state index contributed by atoms with van der Waals surface area (Å²) in [6.45, 7) is 13.1. The summed E-state index contributed by atoms with van der Waals surface area (Å²) >= 11 is 0. The van der Waals surface area contributed by atoms with Crippen molar-refractivity contribution in [2.75, 3.05) is 0 Å². The van der Waals surface area contributed by atoms with Crippen molar-refractivity contribution in [2.45, 2.75) is 76.8 Å². The van der Waals surface area contributed by atoms with E-state index in [1.807, 2.05) is 0 Å². The normalized spacial score (nSPS) is 20.4. The van der Waals surface area contributed by atoms with Gasteiger partial charge in [0.05, 0.1) is 5.60 Å². The standard InChI is InChI=1S/C14H26O2Si/c1-12(15)8-7-9-14(10-11-14)16-17(5,6)13(2,3)4/h12,15H,9-11H2,1-6H3. The first kappa shape index (κ1) is 14.8. The molecule has 0 spiro atoms. The van der Waals surface area contributed by atoms with Gasteiger partial charge in [-0.15, -0.1) is 0 Å². The van der Waals surface area contributed by atoms with E-state index in [0.29, 0.717) is 0 Å². The molecular formula is C14H26O2Si. The molecule has 0 bridgehead atoms. The van der Waals surface area contributed by atoms with Crippen LogP contribution in [0.5, 0.6) is 0 Å². The molecule has 1 rings (SSSR count). The van der Waals surface area contributed by atoms with Gasteiger partial charge in [0, 0.05) is 6.42 Å². The van der Waals surface area contributed by atoms with Crippen molar-refractivity contribution in [1.29, 1.82) is 0 Å². The Morgan fingerprint density at radius 1 is 1.35 bits per heavy atom. The molecule has 1 N–H and O–H groups in total. The van der Waals surface area contributed by atoms with Crippen molar-refractivity contribution in [3.8, 4) is 11.8 Å². The van der Waals surface area contributed by atoms with E-state index in [1.165, 1.54) is 0 Å². The Labute approximate surface area is 107 Å². The van der Waals surface area contributed by atoms with E-state index in [4.69, 9.17) is 9.53 Å². The first-order valence-corrected chi connectivity index (χ1v) is 9.35. The van der Waals surface area contributed by atoms with Crippen LogP contribution in [0.4, 0.5) is 0 Å². The van der Waals surface area contributed by atoms with Crippen LogP contribution in [0.15, 0.2) is 0 Å². The van der Waals surface area contributed by atoms with Crippen molar-refractivity contribution >= 4 is 8.32 Å². The van der Waals surface area contributed by atoms with Gasteiger partial charge in [-0.25, -0.2) is 0 Å². The fourth-order valence-corrected chi connectivity index (χ4v) is 3.17. The second-order valence-electron chi connectivity index (χ2n) is 6.72. The molecule has 0 aliphatic heterocycles. The molecule has 0 amide bonds. The first-order chi connectivity index (χ1) is 7.58. The largest absolute Gasteiger partial charge is 0.410 e. The fraction of sp³-hybridized carbons (Fsp3) is 0.857. The molecular weight excluding hydrogens is 228 g/mol. The lowest BCUT2D eigenvalue weighted by Crippen LogP contribution is -2.44. The maximum atomic E-state index is 9.13. The molecule has 1 saturated carbocycles. The maximum Gasteiger partial charge on any atom is 0.192 e.